The minimum Gasteiger partial charge on any atom is -0.465 e. The summed E-state index contributed by atoms with van der Waals surface area (Å²) >= 11 is 0. The Kier molecular flexibility index (Phi) is 7.71. The van der Waals surface area contributed by atoms with Crippen molar-refractivity contribution in [2.45, 2.75) is 72.4 Å². The third-order valence-electron chi connectivity index (χ3n) is 7.48. The fourth-order valence-electron chi connectivity index (χ4n) is 4.95. The van der Waals surface area contributed by atoms with Gasteiger partial charge in [-0.15, -0.1) is 10.2 Å². The predicted molar refractivity (Wildman–Crippen MR) is 158 cm³/mol. The van der Waals surface area contributed by atoms with E-state index in [0.29, 0.717) is 53.3 Å². The smallest absolute Gasteiger partial charge is 0.410 e. The van der Waals surface area contributed by atoms with Gasteiger partial charge in [-0.25, -0.2) is 19.6 Å². The number of carbonyl (C=O) groups excluding carboxylic acids is 2. The molecule has 14 heteroatoms. The number of anilines is 2. The molecule has 0 unspecified atom stereocenters. The number of carbonyl (C=O) groups is 3. The molecule has 2 aliphatic rings. The van der Waals surface area contributed by atoms with E-state index in [1.54, 1.807) is 36.2 Å². The van der Waals surface area contributed by atoms with Crippen molar-refractivity contribution in [2.24, 2.45) is 0 Å². The van der Waals surface area contributed by atoms with Crippen LogP contribution in [0.2, 0.25) is 0 Å². The van der Waals surface area contributed by atoms with E-state index in [0.717, 1.165) is 5.56 Å². The van der Waals surface area contributed by atoms with Crippen LogP contribution in [-0.4, -0.2) is 90.0 Å². The summed E-state index contributed by atoms with van der Waals surface area (Å²) in [5, 5.41) is 17.8. The molecule has 3 aromatic rings. The van der Waals surface area contributed by atoms with Crippen LogP contribution in [0.1, 0.15) is 62.1 Å². The average molecular weight is 592 g/mol. The fraction of sp³-hybridized carbons (Fsp3) is 0.483. The van der Waals surface area contributed by atoms with Crippen LogP contribution in [0.3, 0.4) is 0 Å². The lowest BCUT2D eigenvalue weighted by molar-refractivity contribution is 0.0282. The summed E-state index contributed by atoms with van der Waals surface area (Å²) in [7, 11) is 3.56. The Labute approximate surface area is 249 Å². The van der Waals surface area contributed by atoms with Crippen molar-refractivity contribution in [1.82, 2.24) is 34.5 Å². The van der Waals surface area contributed by atoms with Crippen molar-refractivity contribution >= 4 is 29.7 Å². The van der Waals surface area contributed by atoms with E-state index in [1.165, 1.54) is 9.80 Å². The summed E-state index contributed by atoms with van der Waals surface area (Å²) in [5.41, 5.74) is 1.71. The molecule has 14 nitrogen and oxygen atoms in total. The zero-order valence-electron chi connectivity index (χ0n) is 25.5. The van der Waals surface area contributed by atoms with Crippen LogP contribution in [0.5, 0.6) is 0 Å². The number of carboxylic acid groups (broad SMARTS) is 1. The van der Waals surface area contributed by atoms with Crippen molar-refractivity contribution in [3.05, 3.63) is 46.9 Å². The molecule has 0 aromatic carbocycles. The third-order valence-corrected chi connectivity index (χ3v) is 7.48. The van der Waals surface area contributed by atoms with Gasteiger partial charge in [-0.2, -0.15) is 0 Å². The predicted octanol–water partition coefficient (Wildman–Crippen LogP) is 3.60. The Hall–Kier alpha value is -4.75. The highest BCUT2D eigenvalue weighted by molar-refractivity contribution is 6.10. The lowest BCUT2D eigenvalue weighted by Crippen LogP contribution is -2.37. The van der Waals surface area contributed by atoms with Gasteiger partial charge in [-0.1, -0.05) is 6.07 Å². The number of aromatic nitrogens is 5. The van der Waals surface area contributed by atoms with Crippen molar-refractivity contribution in [3.8, 4) is 11.5 Å². The average Bonchev–Trinajstić information content (AvgIpc) is 3.52. The molecule has 0 radical (unpaired) electrons. The monoisotopic (exact) mass is 591 g/mol. The molecular weight excluding hydrogens is 554 g/mol. The van der Waals surface area contributed by atoms with E-state index in [-0.39, 0.29) is 31.6 Å². The lowest BCUT2D eigenvalue weighted by atomic mass is 10.1. The van der Waals surface area contributed by atoms with Gasteiger partial charge >= 0.3 is 12.2 Å². The Balaban J connectivity index is 1.46. The molecule has 43 heavy (non-hydrogen) atoms. The second-order valence-corrected chi connectivity index (χ2v) is 12.1. The summed E-state index contributed by atoms with van der Waals surface area (Å²) in [6.45, 7) is 10.7. The first-order valence-electron chi connectivity index (χ1n) is 14.1. The molecule has 0 aliphatic carbocycles. The summed E-state index contributed by atoms with van der Waals surface area (Å²) in [6, 6.07) is 7.27. The highest BCUT2D eigenvalue weighted by Gasteiger charge is 2.35. The normalized spacial score (nSPS) is 14.6. The highest BCUT2D eigenvalue weighted by atomic mass is 16.6. The third kappa shape index (κ3) is 5.94. The van der Waals surface area contributed by atoms with Gasteiger partial charge in [0.15, 0.2) is 11.6 Å². The molecule has 0 spiro atoms. The highest BCUT2D eigenvalue weighted by Crippen LogP contribution is 2.33. The largest absolute Gasteiger partial charge is 0.465 e. The van der Waals surface area contributed by atoms with E-state index in [9.17, 15) is 19.5 Å². The summed E-state index contributed by atoms with van der Waals surface area (Å²) < 4.78 is 7.40. The van der Waals surface area contributed by atoms with Crippen LogP contribution in [0, 0.1) is 0 Å². The Morgan fingerprint density at radius 2 is 1.84 bits per heavy atom. The van der Waals surface area contributed by atoms with E-state index < -0.39 is 17.8 Å². The number of hydrogen-bond acceptors (Lipinski definition) is 9. The minimum atomic E-state index is -1.00. The molecule has 2 aliphatic heterocycles. The molecule has 3 aromatic heterocycles. The molecule has 3 amide bonds. The fourth-order valence-corrected chi connectivity index (χ4v) is 4.95. The van der Waals surface area contributed by atoms with Gasteiger partial charge in [0, 0.05) is 38.8 Å². The number of pyridine rings is 2. The van der Waals surface area contributed by atoms with Crippen LogP contribution in [-0.2, 0) is 30.9 Å². The summed E-state index contributed by atoms with van der Waals surface area (Å²) in [4.78, 5) is 54.0. The molecular formula is C29H37N9O5. The first-order chi connectivity index (χ1) is 20.2. The number of hydrogen-bond donors (Lipinski definition) is 1. The van der Waals surface area contributed by atoms with Gasteiger partial charge in [0.1, 0.15) is 22.9 Å². The maximum absolute atomic E-state index is 13.9. The van der Waals surface area contributed by atoms with Crippen molar-refractivity contribution in [1.29, 1.82) is 0 Å². The maximum Gasteiger partial charge on any atom is 0.410 e. The molecule has 5 heterocycles. The number of fused-ring (bicyclic) bond motifs is 2. The zero-order valence-corrected chi connectivity index (χ0v) is 25.5. The van der Waals surface area contributed by atoms with E-state index in [1.807, 2.05) is 51.1 Å². The standard InChI is InChI=1S/C29H37N9O5/c1-17(2)35(7)23-13-18-19(21(31-23)15-34(6)28(42)43-29(3,4)5)14-38(26(18)39)22-10-8-9-20(30-22)25-33-32-24-16-36(27(40)41)11-12-37(24)25/h8-10,13,17H,11-12,14-16H2,1-7H3,(H,40,41). The van der Waals surface area contributed by atoms with Gasteiger partial charge in [0.25, 0.3) is 5.91 Å². The second-order valence-electron chi connectivity index (χ2n) is 12.1. The topological polar surface area (TPSA) is 150 Å². The van der Waals surface area contributed by atoms with Crippen molar-refractivity contribution in [2.75, 3.05) is 30.4 Å². The van der Waals surface area contributed by atoms with Gasteiger partial charge in [0.2, 0.25) is 0 Å². The van der Waals surface area contributed by atoms with Gasteiger partial charge < -0.3 is 24.2 Å². The first-order valence-corrected chi connectivity index (χ1v) is 14.1. The van der Waals surface area contributed by atoms with Gasteiger partial charge in [-0.3, -0.25) is 14.6 Å². The van der Waals surface area contributed by atoms with E-state index >= 15 is 0 Å². The maximum atomic E-state index is 13.9. The number of ether oxygens (including phenoxy) is 1. The van der Waals surface area contributed by atoms with E-state index in [4.69, 9.17) is 14.7 Å². The minimum absolute atomic E-state index is 0.129. The molecule has 0 bridgehead atoms. The SMILES string of the molecule is CC(C)N(C)c1cc2c(c(CN(C)C(=O)OC(C)(C)C)n1)CN(c1cccc(-c3nnc4n3CCN(C(=O)O)C4)n1)C2=O. The molecule has 1 N–H and O–H groups in total. The Morgan fingerprint density at radius 3 is 2.51 bits per heavy atom. The van der Waals surface area contributed by atoms with Crippen LogP contribution in [0.15, 0.2) is 24.3 Å². The van der Waals surface area contributed by atoms with E-state index in [2.05, 4.69) is 10.2 Å². The summed E-state index contributed by atoms with van der Waals surface area (Å²) in [5.74, 6) is 1.88. The number of nitrogens with zero attached hydrogens (tertiary/aromatic N) is 9. The van der Waals surface area contributed by atoms with Crippen molar-refractivity contribution in [3.63, 3.8) is 0 Å². The van der Waals surface area contributed by atoms with Gasteiger partial charge in [-0.05, 0) is 52.8 Å². The number of amides is 3. The first kappa shape index (κ1) is 29.7. The molecule has 228 valence electrons. The summed E-state index contributed by atoms with van der Waals surface area (Å²) in [6.07, 6.45) is -1.48. The molecule has 0 saturated heterocycles. The lowest BCUT2D eigenvalue weighted by Gasteiger charge is -2.26. The molecule has 0 saturated carbocycles. The molecule has 0 atom stereocenters. The van der Waals surface area contributed by atoms with Gasteiger partial charge in [0.05, 0.1) is 30.9 Å². The molecule has 5 rings (SSSR count). The molecule has 0 fully saturated rings. The van der Waals surface area contributed by atoms with Crippen LogP contribution in [0.4, 0.5) is 21.2 Å². The zero-order chi connectivity index (χ0) is 31.2. The quantitative estimate of drug-likeness (QED) is 0.450. The Morgan fingerprint density at radius 1 is 1.09 bits per heavy atom. The van der Waals surface area contributed by atoms with Crippen LogP contribution in [0.25, 0.3) is 11.5 Å². The van der Waals surface area contributed by atoms with Crippen LogP contribution < -0.4 is 9.80 Å². The van der Waals surface area contributed by atoms with Crippen molar-refractivity contribution < 1.29 is 24.2 Å². The Bertz CT molecular complexity index is 1580. The second kappa shape index (κ2) is 11.2. The van der Waals surface area contributed by atoms with Crippen LogP contribution >= 0.6 is 0 Å². The number of rotatable bonds is 6.